The number of imide groups is 1. The van der Waals surface area contributed by atoms with Gasteiger partial charge < -0.3 is 4.57 Å². The summed E-state index contributed by atoms with van der Waals surface area (Å²) in [6.45, 7) is 3.82. The van der Waals surface area contributed by atoms with Crippen LogP contribution in [0, 0.1) is 17.2 Å². The molecule has 0 aliphatic carbocycles. The number of aryl methyl sites for hydroxylation is 1. The zero-order chi connectivity index (χ0) is 22.3. The minimum atomic E-state index is -1.20. The van der Waals surface area contributed by atoms with Gasteiger partial charge in [0, 0.05) is 7.05 Å². The number of amides is 2. The first-order chi connectivity index (χ1) is 14.8. The molecule has 7 nitrogen and oxygen atoms in total. The first-order valence-electron chi connectivity index (χ1n) is 10.2. The first-order valence-corrected chi connectivity index (χ1v) is 10.2. The molecule has 31 heavy (non-hydrogen) atoms. The van der Waals surface area contributed by atoms with Crippen LogP contribution in [0.5, 0.6) is 0 Å². The van der Waals surface area contributed by atoms with E-state index in [2.05, 4.69) is 11.1 Å². The molecule has 2 heterocycles. The molecule has 2 amide bonds. The van der Waals surface area contributed by atoms with Crippen LogP contribution in [0.4, 0.5) is 0 Å². The van der Waals surface area contributed by atoms with Crippen LogP contribution >= 0.6 is 0 Å². The van der Waals surface area contributed by atoms with Crippen LogP contribution in [0.15, 0.2) is 48.5 Å². The van der Waals surface area contributed by atoms with E-state index in [1.165, 1.54) is 0 Å². The Morgan fingerprint density at radius 2 is 1.61 bits per heavy atom. The third kappa shape index (κ3) is 3.30. The van der Waals surface area contributed by atoms with E-state index in [0.717, 1.165) is 10.4 Å². The van der Waals surface area contributed by atoms with E-state index < -0.39 is 29.6 Å². The number of para-hydroxylation sites is 2. The summed E-state index contributed by atoms with van der Waals surface area (Å²) in [5.41, 5.74) is 2.04. The van der Waals surface area contributed by atoms with Crippen LogP contribution in [0.25, 0.3) is 11.0 Å². The lowest BCUT2D eigenvalue weighted by molar-refractivity contribution is -0.123. The topological polar surface area (TPSA) is 96.1 Å². The molecule has 0 N–H and O–H groups in total. The van der Waals surface area contributed by atoms with E-state index in [1.54, 1.807) is 35.9 Å². The van der Waals surface area contributed by atoms with Gasteiger partial charge in [-0.15, -0.1) is 0 Å². The molecule has 2 aromatic carbocycles. The lowest BCUT2D eigenvalue weighted by atomic mass is 9.91. The summed E-state index contributed by atoms with van der Waals surface area (Å²) in [5, 5.41) is 9.92. The lowest BCUT2D eigenvalue weighted by Crippen LogP contribution is -2.47. The summed E-state index contributed by atoms with van der Waals surface area (Å²) in [6.07, 6.45) is 0.270. The highest BCUT2D eigenvalue weighted by atomic mass is 16.2. The molecule has 1 aliphatic heterocycles. The maximum atomic E-state index is 13.6. The molecule has 2 atom stereocenters. The van der Waals surface area contributed by atoms with Crippen LogP contribution in [0.3, 0.4) is 0 Å². The molecular weight excluding hydrogens is 392 g/mol. The predicted molar refractivity (Wildman–Crippen MR) is 114 cm³/mol. The number of nitrogens with zero attached hydrogens (tertiary/aromatic N) is 4. The van der Waals surface area contributed by atoms with Crippen molar-refractivity contribution in [1.82, 2.24) is 14.5 Å². The van der Waals surface area contributed by atoms with Gasteiger partial charge in [-0.05, 0) is 36.6 Å². The van der Waals surface area contributed by atoms with Gasteiger partial charge in [0.25, 0.3) is 11.8 Å². The second kappa shape index (κ2) is 7.80. The van der Waals surface area contributed by atoms with Crippen LogP contribution < -0.4 is 0 Å². The summed E-state index contributed by atoms with van der Waals surface area (Å²) in [6, 6.07) is 14.9. The number of hydrogen-bond donors (Lipinski definition) is 0. The van der Waals surface area contributed by atoms with Gasteiger partial charge in [-0.3, -0.25) is 19.3 Å². The van der Waals surface area contributed by atoms with Crippen LogP contribution in [-0.4, -0.2) is 38.1 Å². The molecule has 4 rings (SSSR count). The highest BCUT2D eigenvalue weighted by Crippen LogP contribution is 2.31. The molecule has 0 spiro atoms. The highest BCUT2D eigenvalue weighted by molar-refractivity contribution is 6.23. The fourth-order valence-corrected chi connectivity index (χ4v) is 4.15. The zero-order valence-corrected chi connectivity index (χ0v) is 17.6. The van der Waals surface area contributed by atoms with Crippen molar-refractivity contribution in [2.24, 2.45) is 13.0 Å². The summed E-state index contributed by atoms with van der Waals surface area (Å²) < 4.78 is 1.72. The monoisotopic (exact) mass is 414 g/mol. The molecule has 1 aliphatic rings. The van der Waals surface area contributed by atoms with E-state index in [0.29, 0.717) is 11.3 Å². The normalized spacial score (nSPS) is 15.3. The maximum absolute atomic E-state index is 13.6. The number of carbonyl (C=O) groups is 3. The smallest absolute Gasteiger partial charge is 0.262 e. The Bertz CT molecular complexity index is 1220. The number of Topliss-reactive ketones (excluding diaryl/α,β-unsaturated/α-hetero) is 1. The number of fused-ring (bicyclic) bond motifs is 2. The summed E-state index contributed by atoms with van der Waals surface area (Å²) in [4.78, 5) is 45.3. The molecule has 0 radical (unpaired) electrons. The van der Waals surface area contributed by atoms with E-state index in [9.17, 15) is 19.6 Å². The van der Waals surface area contributed by atoms with Gasteiger partial charge in [-0.25, -0.2) is 4.98 Å². The summed E-state index contributed by atoms with van der Waals surface area (Å²) in [7, 11) is 1.75. The van der Waals surface area contributed by atoms with Gasteiger partial charge >= 0.3 is 0 Å². The number of hydrogen-bond acceptors (Lipinski definition) is 5. The first kappa shape index (κ1) is 20.5. The molecule has 1 aromatic heterocycles. The summed E-state index contributed by atoms with van der Waals surface area (Å²) in [5.74, 6) is -2.37. The second-order valence-electron chi connectivity index (χ2n) is 8.15. The highest BCUT2D eigenvalue weighted by Gasteiger charge is 2.45. The number of aromatic nitrogens is 2. The zero-order valence-electron chi connectivity index (χ0n) is 17.6. The molecular formula is C24H22N4O3. The Balaban J connectivity index is 1.76. The van der Waals surface area contributed by atoms with Crippen molar-refractivity contribution in [3.63, 3.8) is 0 Å². The van der Waals surface area contributed by atoms with Gasteiger partial charge in [-0.1, -0.05) is 38.1 Å². The SMILES string of the molecule is CC(C)C[C@H](C(=O)[C@@H](C#N)c1nc2ccccc2n1C)N1C(=O)c2ccccc2C1=O. The van der Waals surface area contributed by atoms with Crippen molar-refractivity contribution in [1.29, 1.82) is 5.26 Å². The van der Waals surface area contributed by atoms with E-state index in [-0.39, 0.29) is 23.5 Å². The fourth-order valence-electron chi connectivity index (χ4n) is 4.15. The van der Waals surface area contributed by atoms with Crippen molar-refractivity contribution in [2.75, 3.05) is 0 Å². The van der Waals surface area contributed by atoms with Crippen molar-refractivity contribution in [3.8, 4) is 6.07 Å². The van der Waals surface area contributed by atoms with Crippen molar-refractivity contribution in [3.05, 3.63) is 65.5 Å². The number of carbonyl (C=O) groups excluding carboxylic acids is 3. The quantitative estimate of drug-likeness (QED) is 0.576. The second-order valence-corrected chi connectivity index (χ2v) is 8.15. The van der Waals surface area contributed by atoms with E-state index in [4.69, 9.17) is 0 Å². The molecule has 7 heteroatoms. The fraction of sp³-hybridized carbons (Fsp3) is 0.292. The van der Waals surface area contributed by atoms with Crippen LogP contribution in [-0.2, 0) is 11.8 Å². The van der Waals surface area contributed by atoms with Gasteiger partial charge in [0.2, 0.25) is 0 Å². The Hall–Kier alpha value is -3.79. The average Bonchev–Trinajstić information content (AvgIpc) is 3.22. The number of benzene rings is 2. The largest absolute Gasteiger partial charge is 0.330 e. The molecule has 156 valence electrons. The third-order valence-electron chi connectivity index (χ3n) is 5.65. The predicted octanol–water partition coefficient (Wildman–Crippen LogP) is 3.46. The van der Waals surface area contributed by atoms with Crippen LogP contribution in [0.1, 0.15) is 52.7 Å². The van der Waals surface area contributed by atoms with E-state index in [1.807, 2.05) is 38.1 Å². The lowest BCUT2D eigenvalue weighted by Gasteiger charge is -2.28. The van der Waals surface area contributed by atoms with Crippen molar-refractivity contribution >= 4 is 28.6 Å². The molecule has 0 bridgehead atoms. The molecule has 0 unspecified atom stereocenters. The van der Waals surface area contributed by atoms with Gasteiger partial charge in [0.05, 0.1) is 28.2 Å². The number of imidazole rings is 1. The van der Waals surface area contributed by atoms with Crippen molar-refractivity contribution in [2.45, 2.75) is 32.2 Å². The Morgan fingerprint density at radius 3 is 2.16 bits per heavy atom. The molecule has 0 saturated heterocycles. The molecule has 0 fully saturated rings. The van der Waals surface area contributed by atoms with Crippen LogP contribution in [0.2, 0.25) is 0 Å². The average molecular weight is 414 g/mol. The molecule has 3 aromatic rings. The Morgan fingerprint density at radius 1 is 1.03 bits per heavy atom. The van der Waals surface area contributed by atoms with Crippen molar-refractivity contribution < 1.29 is 14.4 Å². The molecule has 0 saturated carbocycles. The number of nitriles is 1. The number of rotatable bonds is 6. The maximum Gasteiger partial charge on any atom is 0.262 e. The Kier molecular flexibility index (Phi) is 5.15. The van der Waals surface area contributed by atoms with E-state index >= 15 is 0 Å². The Labute approximate surface area is 179 Å². The van der Waals surface area contributed by atoms with Gasteiger partial charge in [-0.2, -0.15) is 5.26 Å². The third-order valence-corrected chi connectivity index (χ3v) is 5.65. The standard InChI is InChI=1S/C24H22N4O3/c1-14(2)12-20(28-23(30)15-8-4-5-9-16(15)24(28)31)21(29)17(13-25)22-26-18-10-6-7-11-19(18)27(22)3/h4-11,14,17,20H,12H2,1-3H3/t17-,20-/m1/s1. The summed E-state index contributed by atoms with van der Waals surface area (Å²) >= 11 is 0. The minimum absolute atomic E-state index is 0.0260. The number of ketones is 1. The minimum Gasteiger partial charge on any atom is -0.330 e. The van der Waals surface area contributed by atoms with Gasteiger partial charge in [0.15, 0.2) is 11.7 Å². The van der Waals surface area contributed by atoms with Gasteiger partial charge in [0.1, 0.15) is 11.9 Å².